The Morgan fingerprint density at radius 2 is 2.31 bits per heavy atom. The number of pyridine rings is 1. The molecule has 0 atom stereocenters. The van der Waals surface area contributed by atoms with Crippen molar-refractivity contribution in [2.24, 2.45) is 0 Å². The molecule has 1 aliphatic heterocycles. The molecule has 3 heteroatoms. The van der Waals surface area contributed by atoms with Crippen LogP contribution >= 0.6 is 0 Å². The average Bonchev–Trinajstić information content (AvgIpc) is 2.06. The Bertz CT molecular complexity index is 305. The Kier molecular flexibility index (Phi) is 1.96. The van der Waals surface area contributed by atoms with Gasteiger partial charge >= 0.3 is 0 Å². The Morgan fingerprint density at radius 3 is 2.85 bits per heavy atom. The number of aryl methyl sites for hydroxylation is 1. The lowest BCUT2D eigenvalue weighted by molar-refractivity contribution is 0.338. The zero-order valence-corrected chi connectivity index (χ0v) is 8.09. The van der Waals surface area contributed by atoms with Gasteiger partial charge in [-0.05, 0) is 25.5 Å². The van der Waals surface area contributed by atoms with Crippen LogP contribution in [-0.2, 0) is 0 Å². The average molecular weight is 177 g/mol. The predicted octanol–water partition coefficient (Wildman–Crippen LogP) is 1.16. The van der Waals surface area contributed by atoms with Crippen molar-refractivity contribution in [3.63, 3.8) is 0 Å². The minimum Gasteiger partial charge on any atom is -0.377 e. The van der Waals surface area contributed by atoms with Gasteiger partial charge in [0.2, 0.25) is 0 Å². The van der Waals surface area contributed by atoms with Crippen molar-refractivity contribution in [2.45, 2.75) is 19.4 Å². The summed E-state index contributed by atoms with van der Waals surface area (Å²) in [5, 5.41) is 6.78. The summed E-state index contributed by atoms with van der Waals surface area (Å²) < 4.78 is 0. The van der Waals surface area contributed by atoms with Crippen molar-refractivity contribution >= 4 is 5.69 Å². The molecule has 3 nitrogen and oxygen atoms in total. The molecule has 1 aromatic rings. The molecule has 0 spiro atoms. The van der Waals surface area contributed by atoms with Gasteiger partial charge in [-0.25, -0.2) is 0 Å². The molecule has 13 heavy (non-hydrogen) atoms. The molecule has 2 rings (SSSR count). The van der Waals surface area contributed by atoms with Crippen molar-refractivity contribution in [3.05, 3.63) is 24.0 Å². The summed E-state index contributed by atoms with van der Waals surface area (Å²) in [6, 6.07) is 2.03. The third-order valence-corrected chi connectivity index (χ3v) is 2.49. The van der Waals surface area contributed by atoms with E-state index in [0.29, 0.717) is 0 Å². The molecule has 2 heterocycles. The van der Waals surface area contributed by atoms with Gasteiger partial charge in [-0.2, -0.15) is 0 Å². The normalized spacial score (nSPS) is 19.2. The topological polar surface area (TPSA) is 37.0 Å². The van der Waals surface area contributed by atoms with Crippen molar-refractivity contribution in [1.82, 2.24) is 10.3 Å². The zero-order chi connectivity index (χ0) is 9.31. The van der Waals surface area contributed by atoms with E-state index in [9.17, 15) is 0 Å². The highest BCUT2D eigenvalue weighted by Crippen LogP contribution is 2.20. The van der Waals surface area contributed by atoms with Gasteiger partial charge in [-0.1, -0.05) is 0 Å². The Balaban J connectivity index is 2.13. The van der Waals surface area contributed by atoms with Crippen LogP contribution in [0.1, 0.15) is 12.5 Å². The first-order valence-corrected chi connectivity index (χ1v) is 4.59. The van der Waals surface area contributed by atoms with Gasteiger partial charge in [0.1, 0.15) is 0 Å². The molecule has 2 N–H and O–H groups in total. The van der Waals surface area contributed by atoms with Crippen LogP contribution in [0.5, 0.6) is 0 Å². The number of hydrogen-bond acceptors (Lipinski definition) is 3. The molecule has 0 aromatic carbocycles. The minimum absolute atomic E-state index is 0.228. The van der Waals surface area contributed by atoms with Gasteiger partial charge in [0.05, 0.1) is 5.54 Å². The van der Waals surface area contributed by atoms with Crippen molar-refractivity contribution in [1.29, 1.82) is 0 Å². The minimum atomic E-state index is 0.228. The number of anilines is 1. The maximum atomic E-state index is 4.06. The quantitative estimate of drug-likeness (QED) is 0.712. The molecule has 1 saturated heterocycles. The molecular weight excluding hydrogens is 162 g/mol. The van der Waals surface area contributed by atoms with Crippen LogP contribution in [-0.4, -0.2) is 23.6 Å². The van der Waals surface area contributed by atoms with Crippen molar-refractivity contribution in [3.8, 4) is 0 Å². The lowest BCUT2D eigenvalue weighted by Gasteiger charge is -2.41. The van der Waals surface area contributed by atoms with E-state index in [4.69, 9.17) is 0 Å². The van der Waals surface area contributed by atoms with E-state index in [-0.39, 0.29) is 5.54 Å². The molecule has 1 aliphatic rings. The van der Waals surface area contributed by atoms with Crippen LogP contribution in [0, 0.1) is 6.92 Å². The van der Waals surface area contributed by atoms with Gasteiger partial charge in [0, 0.05) is 31.2 Å². The largest absolute Gasteiger partial charge is 0.377 e. The van der Waals surface area contributed by atoms with Crippen LogP contribution in [0.15, 0.2) is 18.5 Å². The van der Waals surface area contributed by atoms with E-state index in [0.717, 1.165) is 13.1 Å². The standard InChI is InChI=1S/C10H15N3/c1-8-5-11-4-3-9(8)13-10(2)6-12-7-10/h3-5,12H,6-7H2,1-2H3,(H,11,13). The fraction of sp³-hybridized carbons (Fsp3) is 0.500. The smallest absolute Gasteiger partial charge is 0.0593 e. The van der Waals surface area contributed by atoms with E-state index in [1.165, 1.54) is 11.3 Å². The van der Waals surface area contributed by atoms with E-state index >= 15 is 0 Å². The van der Waals surface area contributed by atoms with Crippen molar-refractivity contribution < 1.29 is 0 Å². The maximum Gasteiger partial charge on any atom is 0.0593 e. The molecular formula is C10H15N3. The monoisotopic (exact) mass is 177 g/mol. The van der Waals surface area contributed by atoms with Crippen LogP contribution in [0.25, 0.3) is 0 Å². The number of aromatic nitrogens is 1. The van der Waals surface area contributed by atoms with Crippen LogP contribution in [0.4, 0.5) is 5.69 Å². The third kappa shape index (κ3) is 1.65. The summed E-state index contributed by atoms with van der Waals surface area (Å²) in [5.74, 6) is 0. The van der Waals surface area contributed by atoms with Gasteiger partial charge in [0.25, 0.3) is 0 Å². The second-order valence-electron chi connectivity index (χ2n) is 3.98. The molecule has 1 fully saturated rings. The fourth-order valence-corrected chi connectivity index (χ4v) is 1.53. The van der Waals surface area contributed by atoms with Crippen LogP contribution < -0.4 is 10.6 Å². The van der Waals surface area contributed by atoms with E-state index in [2.05, 4.69) is 29.5 Å². The number of hydrogen-bond donors (Lipinski definition) is 2. The zero-order valence-electron chi connectivity index (χ0n) is 8.09. The van der Waals surface area contributed by atoms with E-state index in [1.807, 2.05) is 18.5 Å². The molecule has 0 unspecified atom stereocenters. The maximum absolute atomic E-state index is 4.06. The second kappa shape index (κ2) is 3.00. The Labute approximate surface area is 78.6 Å². The van der Waals surface area contributed by atoms with Gasteiger partial charge in [-0.15, -0.1) is 0 Å². The highest BCUT2D eigenvalue weighted by molar-refractivity contribution is 5.51. The lowest BCUT2D eigenvalue weighted by atomic mass is 9.94. The first-order chi connectivity index (χ1) is 6.20. The summed E-state index contributed by atoms with van der Waals surface area (Å²) in [4.78, 5) is 4.06. The first-order valence-electron chi connectivity index (χ1n) is 4.59. The van der Waals surface area contributed by atoms with Crippen LogP contribution in [0.2, 0.25) is 0 Å². The highest BCUT2D eigenvalue weighted by Gasteiger charge is 2.31. The fourth-order valence-electron chi connectivity index (χ4n) is 1.53. The molecule has 70 valence electrons. The Hall–Kier alpha value is -1.09. The molecule has 0 radical (unpaired) electrons. The first kappa shape index (κ1) is 8.51. The molecule has 0 amide bonds. The van der Waals surface area contributed by atoms with Gasteiger partial charge in [0.15, 0.2) is 0 Å². The van der Waals surface area contributed by atoms with Gasteiger partial charge < -0.3 is 10.6 Å². The third-order valence-electron chi connectivity index (χ3n) is 2.49. The van der Waals surface area contributed by atoms with Crippen molar-refractivity contribution in [2.75, 3.05) is 18.4 Å². The molecule has 0 bridgehead atoms. The van der Waals surface area contributed by atoms with E-state index in [1.54, 1.807) is 0 Å². The number of nitrogens with zero attached hydrogens (tertiary/aromatic N) is 1. The summed E-state index contributed by atoms with van der Waals surface area (Å²) >= 11 is 0. The predicted molar refractivity (Wildman–Crippen MR) is 53.9 cm³/mol. The summed E-state index contributed by atoms with van der Waals surface area (Å²) in [6.07, 6.45) is 3.71. The van der Waals surface area contributed by atoms with Crippen LogP contribution in [0.3, 0.4) is 0 Å². The summed E-state index contributed by atoms with van der Waals surface area (Å²) in [5.41, 5.74) is 2.63. The van der Waals surface area contributed by atoms with E-state index < -0.39 is 0 Å². The number of rotatable bonds is 2. The van der Waals surface area contributed by atoms with Gasteiger partial charge in [-0.3, -0.25) is 4.98 Å². The second-order valence-corrected chi connectivity index (χ2v) is 3.98. The molecule has 1 aromatic heterocycles. The SMILES string of the molecule is Cc1cnccc1NC1(C)CNC1. The highest BCUT2D eigenvalue weighted by atomic mass is 15.1. The molecule has 0 aliphatic carbocycles. The lowest BCUT2D eigenvalue weighted by Crippen LogP contribution is -2.62. The number of nitrogens with one attached hydrogen (secondary N) is 2. The summed E-state index contributed by atoms with van der Waals surface area (Å²) in [7, 11) is 0. The molecule has 0 saturated carbocycles. The summed E-state index contributed by atoms with van der Waals surface area (Å²) in [6.45, 7) is 6.37. The Morgan fingerprint density at radius 1 is 1.54 bits per heavy atom.